The highest BCUT2D eigenvalue weighted by molar-refractivity contribution is 7.19. The predicted octanol–water partition coefficient (Wildman–Crippen LogP) is 3.05. The number of aromatic amines is 1. The molecule has 0 aliphatic rings. The van der Waals surface area contributed by atoms with Gasteiger partial charge in [0.2, 0.25) is 0 Å². The number of carbonyl (C=O) groups is 1. The smallest absolute Gasteiger partial charge is 0.335 e. The first kappa shape index (κ1) is 20.3. The number of nitrogens with one attached hydrogen (secondary N) is 1. The summed E-state index contributed by atoms with van der Waals surface area (Å²) >= 11 is 1.26. The van der Waals surface area contributed by atoms with Crippen LogP contribution in [0.2, 0.25) is 0 Å². The number of aromatic nitrogens is 3. The summed E-state index contributed by atoms with van der Waals surface area (Å²) in [5.41, 5.74) is 0.854. The molecule has 0 fully saturated rings. The quantitative estimate of drug-likeness (QED) is 0.483. The summed E-state index contributed by atoms with van der Waals surface area (Å²) in [6.45, 7) is 1.72. The monoisotopic (exact) mass is 431 g/mol. The molecular formula is C23H17N3O4S. The van der Waals surface area contributed by atoms with Crippen molar-refractivity contribution in [1.82, 2.24) is 14.5 Å². The van der Waals surface area contributed by atoms with Gasteiger partial charge < -0.3 is 5.11 Å². The van der Waals surface area contributed by atoms with Crippen molar-refractivity contribution in [1.29, 1.82) is 0 Å². The number of benzene rings is 1. The van der Waals surface area contributed by atoms with Gasteiger partial charge in [-0.15, -0.1) is 11.3 Å². The molecule has 0 aliphatic heterocycles. The zero-order chi connectivity index (χ0) is 22.0. The molecule has 0 aliphatic carbocycles. The Kier molecular flexibility index (Phi) is 5.52. The van der Waals surface area contributed by atoms with Gasteiger partial charge in [-0.05, 0) is 42.3 Å². The van der Waals surface area contributed by atoms with E-state index in [0.29, 0.717) is 27.1 Å². The Morgan fingerprint density at radius 2 is 2.03 bits per heavy atom. The van der Waals surface area contributed by atoms with Crippen molar-refractivity contribution in [3.63, 3.8) is 0 Å². The van der Waals surface area contributed by atoms with Gasteiger partial charge in [0.25, 0.3) is 5.56 Å². The van der Waals surface area contributed by atoms with Gasteiger partial charge in [-0.1, -0.05) is 30.0 Å². The Morgan fingerprint density at radius 1 is 1.26 bits per heavy atom. The Balaban J connectivity index is 1.67. The van der Waals surface area contributed by atoms with E-state index in [1.165, 1.54) is 23.5 Å². The molecule has 0 spiro atoms. The van der Waals surface area contributed by atoms with Crippen LogP contribution >= 0.6 is 11.3 Å². The van der Waals surface area contributed by atoms with Crippen LogP contribution in [0.5, 0.6) is 0 Å². The van der Waals surface area contributed by atoms with E-state index >= 15 is 0 Å². The third-order valence-corrected chi connectivity index (χ3v) is 5.84. The number of thiophene rings is 1. The Labute approximate surface area is 180 Å². The fraction of sp³-hybridized carbons (Fsp3) is 0.130. The summed E-state index contributed by atoms with van der Waals surface area (Å²) in [6.07, 6.45) is 3.98. The van der Waals surface area contributed by atoms with E-state index in [4.69, 9.17) is 5.11 Å². The Morgan fingerprint density at radius 3 is 2.71 bits per heavy atom. The minimum absolute atomic E-state index is 0.139. The van der Waals surface area contributed by atoms with Gasteiger partial charge >= 0.3 is 11.7 Å². The first-order chi connectivity index (χ1) is 14.9. The fourth-order valence-electron chi connectivity index (χ4n) is 3.22. The van der Waals surface area contributed by atoms with E-state index in [-0.39, 0.29) is 5.56 Å². The van der Waals surface area contributed by atoms with Crippen molar-refractivity contribution in [3.8, 4) is 11.8 Å². The van der Waals surface area contributed by atoms with E-state index in [2.05, 4.69) is 21.8 Å². The maximum absolute atomic E-state index is 13.0. The van der Waals surface area contributed by atoms with E-state index in [1.807, 2.05) is 12.1 Å². The molecule has 0 radical (unpaired) electrons. The Hall–Kier alpha value is -3.96. The highest BCUT2D eigenvalue weighted by Crippen LogP contribution is 2.21. The number of H-pyrrole nitrogens is 1. The minimum Gasteiger partial charge on any atom is -0.478 e. The average molecular weight is 431 g/mol. The molecular weight excluding hydrogens is 414 g/mol. The van der Waals surface area contributed by atoms with E-state index in [0.717, 1.165) is 10.1 Å². The van der Waals surface area contributed by atoms with Crippen LogP contribution in [-0.4, -0.2) is 25.6 Å². The lowest BCUT2D eigenvalue weighted by Gasteiger charge is -2.14. The predicted molar refractivity (Wildman–Crippen MR) is 119 cm³/mol. The molecule has 3 aromatic heterocycles. The van der Waals surface area contributed by atoms with Crippen molar-refractivity contribution >= 4 is 27.5 Å². The minimum atomic E-state index is -1.04. The number of fused-ring (bicyclic) bond motifs is 1. The maximum atomic E-state index is 13.0. The summed E-state index contributed by atoms with van der Waals surface area (Å²) in [5, 5.41) is 9.44. The summed E-state index contributed by atoms with van der Waals surface area (Å²) in [5.74, 6) is 5.07. The second-order valence-corrected chi connectivity index (χ2v) is 7.95. The standard InChI is InChI=1S/C23H17N3O4S/c1-14(16-7-9-17(10-8-16)22(28)29)26-21(27)19-12-18(31-20(19)25-23(26)30)6-2-4-15-5-3-11-24-13-15/h3,5,7-14H,4H2,1H3,(H,25,30)(H,28,29). The zero-order valence-corrected chi connectivity index (χ0v) is 17.3. The van der Waals surface area contributed by atoms with Gasteiger partial charge in [0, 0.05) is 18.8 Å². The second kappa shape index (κ2) is 8.42. The fourth-order valence-corrected chi connectivity index (χ4v) is 4.14. The topological polar surface area (TPSA) is 105 Å². The van der Waals surface area contributed by atoms with Crippen LogP contribution in [0.1, 0.15) is 39.3 Å². The molecule has 7 nitrogen and oxygen atoms in total. The molecule has 3 heterocycles. The van der Waals surface area contributed by atoms with E-state index < -0.39 is 23.3 Å². The van der Waals surface area contributed by atoms with Crippen molar-refractivity contribution in [2.45, 2.75) is 19.4 Å². The van der Waals surface area contributed by atoms with E-state index in [1.54, 1.807) is 37.5 Å². The van der Waals surface area contributed by atoms with E-state index in [9.17, 15) is 14.4 Å². The first-order valence-corrected chi connectivity index (χ1v) is 10.2. The van der Waals surface area contributed by atoms with Gasteiger partial charge in [0.15, 0.2) is 0 Å². The largest absolute Gasteiger partial charge is 0.478 e. The average Bonchev–Trinajstić information content (AvgIpc) is 3.17. The molecule has 2 N–H and O–H groups in total. The molecule has 0 bridgehead atoms. The molecule has 4 aromatic rings. The zero-order valence-electron chi connectivity index (χ0n) is 16.5. The highest BCUT2D eigenvalue weighted by atomic mass is 32.1. The molecule has 0 saturated carbocycles. The van der Waals surface area contributed by atoms with Gasteiger partial charge in [-0.25, -0.2) is 9.59 Å². The maximum Gasteiger partial charge on any atom is 0.335 e. The summed E-state index contributed by atoms with van der Waals surface area (Å²) < 4.78 is 1.14. The van der Waals surface area contributed by atoms with Crippen LogP contribution in [0, 0.1) is 11.8 Å². The first-order valence-electron chi connectivity index (χ1n) is 9.43. The highest BCUT2D eigenvalue weighted by Gasteiger charge is 2.17. The van der Waals surface area contributed by atoms with Gasteiger partial charge in [0.05, 0.1) is 21.9 Å². The number of carboxylic acid groups (broad SMARTS) is 1. The normalized spacial score (nSPS) is 11.6. The van der Waals surface area contributed by atoms with Crippen LogP contribution in [0.4, 0.5) is 0 Å². The lowest BCUT2D eigenvalue weighted by molar-refractivity contribution is 0.0697. The van der Waals surface area contributed by atoms with Crippen LogP contribution in [0.15, 0.2) is 64.4 Å². The molecule has 1 aromatic carbocycles. The van der Waals surface area contributed by atoms with Crippen LogP contribution in [0.3, 0.4) is 0 Å². The van der Waals surface area contributed by atoms with Crippen LogP contribution < -0.4 is 11.2 Å². The SMILES string of the molecule is CC(c1ccc(C(=O)O)cc1)n1c(=O)[nH]c2sc(C#CCc3cccnc3)cc2c1=O. The Bertz CT molecular complexity index is 1440. The molecule has 8 heteroatoms. The third kappa shape index (κ3) is 4.17. The van der Waals surface area contributed by atoms with Crippen LogP contribution in [-0.2, 0) is 6.42 Å². The number of hydrogen-bond donors (Lipinski definition) is 2. The third-order valence-electron chi connectivity index (χ3n) is 4.87. The second-order valence-electron chi connectivity index (χ2n) is 6.90. The summed E-state index contributed by atoms with van der Waals surface area (Å²) in [7, 11) is 0. The number of hydrogen-bond acceptors (Lipinski definition) is 5. The molecule has 4 rings (SSSR count). The van der Waals surface area contributed by atoms with Crippen molar-refractivity contribution in [2.24, 2.45) is 0 Å². The molecule has 31 heavy (non-hydrogen) atoms. The number of pyridine rings is 1. The molecule has 1 unspecified atom stereocenters. The van der Waals surface area contributed by atoms with Gasteiger partial charge in [-0.3, -0.25) is 19.3 Å². The number of aromatic carboxylic acids is 1. The van der Waals surface area contributed by atoms with Gasteiger partial charge in [0.1, 0.15) is 4.83 Å². The number of nitrogens with zero attached hydrogens (tertiary/aromatic N) is 2. The molecule has 1 atom stereocenters. The van der Waals surface area contributed by atoms with Crippen LogP contribution in [0.25, 0.3) is 10.2 Å². The van der Waals surface area contributed by atoms with Crippen molar-refractivity contribution in [2.75, 3.05) is 0 Å². The summed E-state index contributed by atoms with van der Waals surface area (Å²) in [4.78, 5) is 44.7. The molecule has 0 saturated heterocycles. The van der Waals surface area contributed by atoms with Gasteiger partial charge in [-0.2, -0.15) is 0 Å². The van der Waals surface area contributed by atoms with Crippen molar-refractivity contribution < 1.29 is 9.90 Å². The lowest BCUT2D eigenvalue weighted by Crippen LogP contribution is -2.37. The lowest BCUT2D eigenvalue weighted by atomic mass is 10.1. The number of carboxylic acids is 1. The van der Waals surface area contributed by atoms with Crippen molar-refractivity contribution in [3.05, 3.63) is 97.3 Å². The summed E-state index contributed by atoms with van der Waals surface area (Å²) in [6, 6.07) is 11.0. The molecule has 0 amide bonds. The number of rotatable bonds is 4. The molecule has 154 valence electrons.